The maximum atomic E-state index is 6.14. The monoisotopic (exact) mass is 804 g/mol. The molecule has 0 radical (unpaired) electrons. The Kier molecular flexibility index (Phi) is 7.87. The molecule has 4 nitrogen and oxygen atoms in total. The number of hydrogen-bond acceptors (Lipinski definition) is 3. The van der Waals surface area contributed by atoms with Gasteiger partial charge in [-0.15, -0.1) is 0 Å². The number of para-hydroxylation sites is 2. The molecule has 0 atom stereocenters. The molecule has 0 saturated heterocycles. The van der Waals surface area contributed by atoms with E-state index in [1.54, 1.807) is 6.20 Å². The highest BCUT2D eigenvalue weighted by Crippen LogP contribution is 2.40. The Morgan fingerprint density at radius 1 is 0.286 bits per heavy atom. The van der Waals surface area contributed by atoms with Crippen molar-refractivity contribution in [1.29, 1.82) is 0 Å². The fourth-order valence-corrected chi connectivity index (χ4v) is 9.58. The number of aromatic nitrogens is 2. The van der Waals surface area contributed by atoms with E-state index in [0.29, 0.717) is 0 Å². The maximum absolute atomic E-state index is 6.14. The Morgan fingerprint density at radius 3 is 1.24 bits per heavy atom. The second kappa shape index (κ2) is 14.1. The van der Waals surface area contributed by atoms with Crippen LogP contribution < -0.4 is 0 Å². The van der Waals surface area contributed by atoms with Crippen molar-refractivity contribution in [2.24, 2.45) is 0 Å². The topological polar surface area (TPSA) is 44.1 Å². The molecule has 294 valence electrons. The number of benzene rings is 9. The van der Waals surface area contributed by atoms with Crippen LogP contribution in [0.25, 0.3) is 127 Å². The molecule has 4 heterocycles. The lowest BCUT2D eigenvalue weighted by Gasteiger charge is -2.10. The van der Waals surface area contributed by atoms with Gasteiger partial charge in [-0.05, 0) is 147 Å². The van der Waals surface area contributed by atoms with Crippen LogP contribution in [0.4, 0.5) is 0 Å². The zero-order valence-corrected chi connectivity index (χ0v) is 34.0. The lowest BCUT2D eigenvalue weighted by atomic mass is 9.95. The van der Waals surface area contributed by atoms with Crippen LogP contribution in [-0.2, 0) is 0 Å². The molecule has 4 heteroatoms. The zero-order valence-electron chi connectivity index (χ0n) is 34.0. The van der Waals surface area contributed by atoms with Gasteiger partial charge in [0, 0.05) is 50.4 Å². The van der Waals surface area contributed by atoms with E-state index in [2.05, 4.69) is 198 Å². The first-order chi connectivity index (χ1) is 31.2. The van der Waals surface area contributed by atoms with E-state index < -0.39 is 0 Å². The molecule has 13 rings (SSSR count). The van der Waals surface area contributed by atoms with Crippen molar-refractivity contribution < 1.29 is 8.83 Å². The van der Waals surface area contributed by atoms with Crippen LogP contribution in [0.1, 0.15) is 0 Å². The van der Waals surface area contributed by atoms with Crippen LogP contribution in [-0.4, -0.2) is 9.55 Å². The molecule has 0 aliphatic rings. The number of fused-ring (bicyclic) bond motifs is 9. The molecule has 4 aromatic heterocycles. The summed E-state index contributed by atoms with van der Waals surface area (Å²) in [5.74, 6) is 0. The zero-order chi connectivity index (χ0) is 41.4. The lowest BCUT2D eigenvalue weighted by Crippen LogP contribution is -1.93. The maximum Gasteiger partial charge on any atom is 0.138 e. The van der Waals surface area contributed by atoms with E-state index in [9.17, 15) is 0 Å². The van der Waals surface area contributed by atoms with Gasteiger partial charge in [0.1, 0.15) is 22.3 Å². The predicted molar refractivity (Wildman–Crippen MR) is 260 cm³/mol. The van der Waals surface area contributed by atoms with E-state index in [1.165, 1.54) is 66.3 Å². The minimum atomic E-state index is 0.852. The first-order valence-electron chi connectivity index (χ1n) is 21.3. The number of hydrogen-bond donors (Lipinski definition) is 0. The largest absolute Gasteiger partial charge is 0.456 e. The summed E-state index contributed by atoms with van der Waals surface area (Å²) >= 11 is 0. The van der Waals surface area contributed by atoms with Crippen molar-refractivity contribution in [3.63, 3.8) is 0 Å². The number of nitrogens with zero attached hydrogens (tertiary/aromatic N) is 2. The Balaban J connectivity index is 0.896. The lowest BCUT2D eigenvalue weighted by molar-refractivity contribution is 0.668. The molecule has 0 amide bonds. The quantitative estimate of drug-likeness (QED) is 0.168. The average Bonchev–Trinajstić information content (AvgIpc) is 4.03. The van der Waals surface area contributed by atoms with Gasteiger partial charge in [0.15, 0.2) is 0 Å². The van der Waals surface area contributed by atoms with E-state index in [0.717, 1.165) is 60.7 Å². The van der Waals surface area contributed by atoms with Crippen molar-refractivity contribution in [3.8, 4) is 61.3 Å². The summed E-state index contributed by atoms with van der Waals surface area (Å²) in [4.78, 5) is 4.35. The number of pyridine rings is 1. The molecule has 9 aromatic carbocycles. The van der Waals surface area contributed by atoms with Crippen molar-refractivity contribution in [2.75, 3.05) is 0 Å². The van der Waals surface area contributed by atoms with Crippen LogP contribution in [0, 0.1) is 0 Å². The fraction of sp³-hybridized carbons (Fsp3) is 0. The predicted octanol–water partition coefficient (Wildman–Crippen LogP) is 16.3. The molecule has 0 fully saturated rings. The van der Waals surface area contributed by atoms with E-state index >= 15 is 0 Å². The van der Waals surface area contributed by atoms with Gasteiger partial charge in [-0.25, -0.2) is 0 Å². The molecule has 63 heavy (non-hydrogen) atoms. The third-order valence-corrected chi connectivity index (χ3v) is 12.7. The van der Waals surface area contributed by atoms with Gasteiger partial charge in [-0.3, -0.25) is 4.98 Å². The van der Waals surface area contributed by atoms with Crippen molar-refractivity contribution in [1.82, 2.24) is 9.55 Å². The average molecular weight is 805 g/mol. The van der Waals surface area contributed by atoms with Gasteiger partial charge in [-0.1, -0.05) is 115 Å². The van der Waals surface area contributed by atoms with Gasteiger partial charge in [0.05, 0.1) is 11.0 Å². The summed E-state index contributed by atoms with van der Waals surface area (Å²) in [5, 5.41) is 6.80. The first kappa shape index (κ1) is 35.3. The summed E-state index contributed by atoms with van der Waals surface area (Å²) < 4.78 is 14.6. The molecule has 0 saturated carbocycles. The minimum absolute atomic E-state index is 0.852. The summed E-state index contributed by atoms with van der Waals surface area (Å²) in [6.45, 7) is 0. The second-order valence-electron chi connectivity index (χ2n) is 16.4. The van der Waals surface area contributed by atoms with Crippen molar-refractivity contribution in [2.45, 2.75) is 0 Å². The van der Waals surface area contributed by atoms with Gasteiger partial charge < -0.3 is 13.4 Å². The van der Waals surface area contributed by atoms with Crippen LogP contribution >= 0.6 is 0 Å². The molecule has 13 aromatic rings. The smallest absolute Gasteiger partial charge is 0.138 e. The molecule has 0 bridgehead atoms. The highest BCUT2D eigenvalue weighted by Gasteiger charge is 2.16. The normalized spacial score (nSPS) is 11.8. The first-order valence-corrected chi connectivity index (χ1v) is 21.3. The summed E-state index contributed by atoms with van der Waals surface area (Å²) in [6.07, 6.45) is 3.65. The van der Waals surface area contributed by atoms with Crippen LogP contribution in [0.2, 0.25) is 0 Å². The fourth-order valence-electron chi connectivity index (χ4n) is 9.58. The van der Waals surface area contributed by atoms with Crippen LogP contribution in [0.3, 0.4) is 0 Å². The molecule has 0 N–H and O–H groups in total. The van der Waals surface area contributed by atoms with Gasteiger partial charge in [0.25, 0.3) is 0 Å². The van der Waals surface area contributed by atoms with Crippen LogP contribution in [0.5, 0.6) is 0 Å². The summed E-state index contributed by atoms with van der Waals surface area (Å²) in [5.41, 5.74) is 18.7. The Hall–Kier alpha value is -8.47. The molecular weight excluding hydrogens is 769 g/mol. The summed E-state index contributed by atoms with van der Waals surface area (Å²) in [6, 6.07) is 74.2. The second-order valence-corrected chi connectivity index (χ2v) is 16.4. The molecule has 0 aliphatic heterocycles. The molecule has 0 aliphatic carbocycles. The molecule has 0 unspecified atom stereocenters. The SMILES string of the molecule is c1ccc(-n2c3ccc(-c4cccc(-c5cccc(-c6ccc7oc8ccncc8c7c6)c5)c4)cc3c3cc(-c4cccc(-c5ccc6oc7ccccc7c6c5)c4)ccc32)cc1. The van der Waals surface area contributed by atoms with Crippen LogP contribution in [0.15, 0.2) is 227 Å². The Bertz CT molecular complexity index is 3920. The third kappa shape index (κ3) is 5.88. The number of rotatable bonds is 6. The van der Waals surface area contributed by atoms with Gasteiger partial charge >= 0.3 is 0 Å². The van der Waals surface area contributed by atoms with E-state index in [1.807, 2.05) is 24.4 Å². The standard InChI is InChI=1S/C59H36N2O2/c1-2-15-47(16-3-1)61-54-23-19-43(39-11-6-9-37(29-39)38-10-7-13-41(30-38)46-22-26-58-52(35-46)53-36-60-28-27-59(53)63-58)32-49(54)50-33-44(20-24-55(50)61)40-12-8-14-42(31-40)45-21-25-57-51(34-45)48-17-4-5-18-56(48)62-57/h1-36H. The third-order valence-electron chi connectivity index (χ3n) is 12.7. The Labute approximate surface area is 362 Å². The van der Waals surface area contributed by atoms with E-state index in [4.69, 9.17) is 8.83 Å². The van der Waals surface area contributed by atoms with Gasteiger partial charge in [0.2, 0.25) is 0 Å². The minimum Gasteiger partial charge on any atom is -0.456 e. The van der Waals surface area contributed by atoms with E-state index in [-0.39, 0.29) is 0 Å². The highest BCUT2D eigenvalue weighted by atomic mass is 16.3. The molecular formula is C59H36N2O2. The molecule has 0 spiro atoms. The van der Waals surface area contributed by atoms with Crippen molar-refractivity contribution in [3.05, 3.63) is 219 Å². The Morgan fingerprint density at radius 2 is 0.698 bits per heavy atom. The highest BCUT2D eigenvalue weighted by molar-refractivity contribution is 6.12. The van der Waals surface area contributed by atoms with Crippen molar-refractivity contribution >= 4 is 65.7 Å². The van der Waals surface area contributed by atoms with Gasteiger partial charge in [-0.2, -0.15) is 0 Å². The summed E-state index contributed by atoms with van der Waals surface area (Å²) in [7, 11) is 0. The number of furan rings is 2.